The van der Waals surface area contributed by atoms with Gasteiger partial charge in [0.15, 0.2) is 5.82 Å². The van der Waals surface area contributed by atoms with E-state index in [4.69, 9.17) is 4.52 Å². The highest BCUT2D eigenvalue weighted by atomic mass is 19.1. The SMILES string of the molecule is Cc1cc(C(=O)Nc2c(F)cccc2F)nc(Nc2cc(C)on2)n1. The number of carbonyl (C=O) groups is 1. The van der Waals surface area contributed by atoms with Gasteiger partial charge in [-0.25, -0.2) is 18.7 Å². The number of benzene rings is 1. The maximum atomic E-state index is 13.7. The van der Waals surface area contributed by atoms with Gasteiger partial charge in [-0.2, -0.15) is 0 Å². The Kier molecular flexibility index (Phi) is 4.38. The molecule has 1 amide bonds. The molecule has 0 saturated heterocycles. The summed E-state index contributed by atoms with van der Waals surface area (Å²) in [5, 5.41) is 8.71. The van der Waals surface area contributed by atoms with Crippen LogP contribution < -0.4 is 10.6 Å². The van der Waals surface area contributed by atoms with Crippen LogP contribution in [0.3, 0.4) is 0 Å². The van der Waals surface area contributed by atoms with E-state index in [1.54, 1.807) is 19.9 Å². The summed E-state index contributed by atoms with van der Waals surface area (Å²) in [7, 11) is 0. The summed E-state index contributed by atoms with van der Waals surface area (Å²) in [6, 6.07) is 6.32. The lowest BCUT2D eigenvalue weighted by atomic mass is 10.2. The first-order valence-electron chi connectivity index (χ1n) is 7.24. The number of carbonyl (C=O) groups excluding carboxylic acids is 1. The van der Waals surface area contributed by atoms with Crippen molar-refractivity contribution in [3.63, 3.8) is 0 Å². The fraction of sp³-hybridized carbons (Fsp3) is 0.125. The van der Waals surface area contributed by atoms with Gasteiger partial charge in [-0.15, -0.1) is 0 Å². The van der Waals surface area contributed by atoms with E-state index in [-0.39, 0.29) is 11.6 Å². The molecular formula is C16H13F2N5O2. The van der Waals surface area contributed by atoms with Gasteiger partial charge in [-0.05, 0) is 32.0 Å². The molecule has 2 N–H and O–H groups in total. The van der Waals surface area contributed by atoms with Gasteiger partial charge in [0.25, 0.3) is 5.91 Å². The van der Waals surface area contributed by atoms with Crippen LogP contribution in [0.15, 0.2) is 34.9 Å². The van der Waals surface area contributed by atoms with Crippen molar-refractivity contribution in [1.29, 1.82) is 0 Å². The van der Waals surface area contributed by atoms with Crippen LogP contribution in [-0.2, 0) is 0 Å². The molecule has 1 aromatic carbocycles. The lowest BCUT2D eigenvalue weighted by Gasteiger charge is -2.09. The lowest BCUT2D eigenvalue weighted by Crippen LogP contribution is -2.17. The van der Waals surface area contributed by atoms with Crippen LogP contribution in [-0.4, -0.2) is 21.0 Å². The normalized spacial score (nSPS) is 10.6. The Morgan fingerprint density at radius 2 is 1.84 bits per heavy atom. The molecule has 3 aromatic rings. The van der Waals surface area contributed by atoms with Crippen molar-refractivity contribution in [2.75, 3.05) is 10.6 Å². The largest absolute Gasteiger partial charge is 0.360 e. The van der Waals surface area contributed by atoms with Gasteiger partial charge in [-0.3, -0.25) is 4.79 Å². The Morgan fingerprint density at radius 3 is 2.48 bits per heavy atom. The average Bonchev–Trinajstić information content (AvgIpc) is 2.95. The minimum Gasteiger partial charge on any atom is -0.360 e. The maximum Gasteiger partial charge on any atom is 0.274 e. The van der Waals surface area contributed by atoms with Gasteiger partial charge in [0.05, 0.1) is 0 Å². The smallest absolute Gasteiger partial charge is 0.274 e. The molecule has 25 heavy (non-hydrogen) atoms. The quantitative estimate of drug-likeness (QED) is 0.753. The molecule has 0 spiro atoms. The number of aromatic nitrogens is 3. The number of nitrogens with zero attached hydrogens (tertiary/aromatic N) is 3. The van der Waals surface area contributed by atoms with Crippen molar-refractivity contribution in [1.82, 2.24) is 15.1 Å². The molecule has 0 atom stereocenters. The summed E-state index contributed by atoms with van der Waals surface area (Å²) in [4.78, 5) is 20.4. The summed E-state index contributed by atoms with van der Waals surface area (Å²) >= 11 is 0. The Morgan fingerprint density at radius 1 is 1.12 bits per heavy atom. The van der Waals surface area contributed by atoms with E-state index < -0.39 is 23.2 Å². The van der Waals surface area contributed by atoms with Gasteiger partial charge in [0.2, 0.25) is 5.95 Å². The van der Waals surface area contributed by atoms with Gasteiger partial charge in [0, 0.05) is 11.8 Å². The Bertz CT molecular complexity index is 922. The third-order valence-electron chi connectivity index (χ3n) is 3.16. The fourth-order valence-corrected chi connectivity index (χ4v) is 2.08. The topological polar surface area (TPSA) is 92.9 Å². The van der Waals surface area contributed by atoms with Crippen LogP contribution in [0.5, 0.6) is 0 Å². The van der Waals surface area contributed by atoms with Gasteiger partial charge < -0.3 is 15.2 Å². The second-order valence-corrected chi connectivity index (χ2v) is 5.22. The second-order valence-electron chi connectivity index (χ2n) is 5.22. The molecule has 9 heteroatoms. The first kappa shape index (κ1) is 16.5. The van der Waals surface area contributed by atoms with Crippen LogP contribution in [0.25, 0.3) is 0 Å². The molecule has 3 rings (SSSR count). The number of anilines is 3. The third kappa shape index (κ3) is 3.77. The molecule has 7 nitrogen and oxygen atoms in total. The van der Waals surface area contributed by atoms with E-state index in [2.05, 4.69) is 25.8 Å². The highest BCUT2D eigenvalue weighted by molar-refractivity contribution is 6.03. The number of hydrogen-bond acceptors (Lipinski definition) is 6. The number of hydrogen-bond donors (Lipinski definition) is 2. The number of rotatable bonds is 4. The summed E-state index contributed by atoms with van der Waals surface area (Å²) in [6.45, 7) is 3.37. The monoisotopic (exact) mass is 345 g/mol. The predicted octanol–water partition coefficient (Wildman–Crippen LogP) is 3.36. The van der Waals surface area contributed by atoms with Crippen molar-refractivity contribution < 1.29 is 18.1 Å². The van der Waals surface area contributed by atoms with Gasteiger partial charge >= 0.3 is 0 Å². The van der Waals surface area contributed by atoms with E-state index in [0.29, 0.717) is 17.3 Å². The highest BCUT2D eigenvalue weighted by Crippen LogP contribution is 2.19. The highest BCUT2D eigenvalue weighted by Gasteiger charge is 2.16. The van der Waals surface area contributed by atoms with Crippen LogP contribution in [0, 0.1) is 25.5 Å². The van der Waals surface area contributed by atoms with Crippen molar-refractivity contribution in [2.24, 2.45) is 0 Å². The molecule has 0 bridgehead atoms. The Hall–Kier alpha value is -3.36. The first-order chi connectivity index (χ1) is 11.9. The van der Waals surface area contributed by atoms with Crippen molar-refractivity contribution >= 4 is 23.4 Å². The van der Waals surface area contributed by atoms with E-state index >= 15 is 0 Å². The van der Waals surface area contributed by atoms with E-state index in [0.717, 1.165) is 12.1 Å². The van der Waals surface area contributed by atoms with Crippen molar-refractivity contribution in [2.45, 2.75) is 13.8 Å². The molecule has 0 unspecified atom stereocenters. The number of halogens is 2. The van der Waals surface area contributed by atoms with Crippen LogP contribution >= 0.6 is 0 Å². The van der Waals surface area contributed by atoms with E-state index in [9.17, 15) is 13.6 Å². The maximum absolute atomic E-state index is 13.7. The minimum absolute atomic E-state index is 0.0575. The molecule has 0 aliphatic carbocycles. The first-order valence-corrected chi connectivity index (χ1v) is 7.24. The fourth-order valence-electron chi connectivity index (χ4n) is 2.08. The molecule has 0 fully saturated rings. The summed E-state index contributed by atoms with van der Waals surface area (Å²) in [6.07, 6.45) is 0. The summed E-state index contributed by atoms with van der Waals surface area (Å²) in [5.74, 6) is -1.47. The minimum atomic E-state index is -0.879. The number of amides is 1. The number of nitrogens with one attached hydrogen (secondary N) is 2. The molecular weight excluding hydrogens is 332 g/mol. The van der Waals surface area contributed by atoms with Crippen LogP contribution in [0.1, 0.15) is 21.9 Å². The van der Waals surface area contributed by atoms with Crippen LogP contribution in [0.4, 0.5) is 26.2 Å². The van der Waals surface area contributed by atoms with Gasteiger partial charge in [0.1, 0.15) is 28.8 Å². The van der Waals surface area contributed by atoms with Gasteiger partial charge in [-0.1, -0.05) is 11.2 Å². The molecule has 0 aliphatic rings. The van der Waals surface area contributed by atoms with Crippen molar-refractivity contribution in [3.8, 4) is 0 Å². The molecule has 2 heterocycles. The van der Waals surface area contributed by atoms with Crippen molar-refractivity contribution in [3.05, 3.63) is 59.1 Å². The zero-order valence-corrected chi connectivity index (χ0v) is 13.3. The third-order valence-corrected chi connectivity index (χ3v) is 3.16. The number of aryl methyl sites for hydroxylation is 2. The predicted molar refractivity (Wildman–Crippen MR) is 85.6 cm³/mol. The standard InChI is InChI=1S/C16H13F2N5O2/c1-8-6-12(15(24)22-14-10(17)4-3-5-11(14)18)20-16(19-8)21-13-7-9(2)25-23-13/h3-7H,1-2H3,(H,22,24)(H,19,20,21,23). The molecule has 128 valence electrons. The molecule has 2 aromatic heterocycles. The van der Waals surface area contributed by atoms with E-state index in [1.165, 1.54) is 12.1 Å². The molecule has 0 saturated carbocycles. The van der Waals surface area contributed by atoms with Crippen LogP contribution in [0.2, 0.25) is 0 Å². The number of para-hydroxylation sites is 1. The summed E-state index contributed by atoms with van der Waals surface area (Å²) < 4.78 is 32.2. The average molecular weight is 345 g/mol. The summed E-state index contributed by atoms with van der Waals surface area (Å²) in [5.41, 5.74) is -0.111. The Labute approximate surface area is 141 Å². The Balaban J connectivity index is 1.85. The molecule has 0 aliphatic heterocycles. The zero-order valence-electron chi connectivity index (χ0n) is 13.3. The zero-order chi connectivity index (χ0) is 18.0. The molecule has 0 radical (unpaired) electrons. The van der Waals surface area contributed by atoms with E-state index in [1.807, 2.05) is 0 Å². The lowest BCUT2D eigenvalue weighted by molar-refractivity contribution is 0.102. The second kappa shape index (κ2) is 6.63.